The topological polar surface area (TPSA) is 72.6 Å². The molecule has 5 nitrogen and oxygen atoms in total. The van der Waals surface area contributed by atoms with Gasteiger partial charge in [-0.15, -0.1) is 0 Å². The van der Waals surface area contributed by atoms with Crippen molar-refractivity contribution in [3.8, 4) is 5.75 Å². The van der Waals surface area contributed by atoms with Crippen LogP contribution in [-0.2, 0) is 11.3 Å². The monoisotopic (exact) mass is 266 g/mol. The lowest BCUT2D eigenvalue weighted by atomic mass is 10.1. The molecule has 0 radical (unpaired) electrons. The Balaban J connectivity index is 2.46. The molecular formula is C13H15FN2O3. The van der Waals surface area contributed by atoms with E-state index in [1.165, 1.54) is 17.9 Å². The van der Waals surface area contributed by atoms with E-state index in [9.17, 15) is 14.0 Å². The number of nitrogens with zero attached hydrogens (tertiary/aromatic N) is 1. The SMILES string of the molecule is CC(=O)N1Cc2c(F)cc(C(N)=O)cc2OCC1C. The van der Waals surface area contributed by atoms with Crippen LogP contribution in [0.25, 0.3) is 0 Å². The fourth-order valence-corrected chi connectivity index (χ4v) is 2.08. The third kappa shape index (κ3) is 2.52. The highest BCUT2D eigenvalue weighted by Crippen LogP contribution is 2.29. The van der Waals surface area contributed by atoms with Crippen LogP contribution in [0.1, 0.15) is 29.8 Å². The van der Waals surface area contributed by atoms with E-state index in [1.807, 2.05) is 6.92 Å². The van der Waals surface area contributed by atoms with Crippen molar-refractivity contribution in [1.82, 2.24) is 4.90 Å². The van der Waals surface area contributed by atoms with Crippen LogP contribution in [0.15, 0.2) is 12.1 Å². The number of fused-ring (bicyclic) bond motifs is 1. The zero-order chi connectivity index (χ0) is 14.2. The summed E-state index contributed by atoms with van der Waals surface area (Å²) in [5, 5.41) is 0. The smallest absolute Gasteiger partial charge is 0.248 e. The van der Waals surface area contributed by atoms with Gasteiger partial charge in [0.25, 0.3) is 0 Å². The largest absolute Gasteiger partial charge is 0.491 e. The molecule has 2 N–H and O–H groups in total. The van der Waals surface area contributed by atoms with E-state index in [0.29, 0.717) is 0 Å². The van der Waals surface area contributed by atoms with Gasteiger partial charge in [-0.3, -0.25) is 9.59 Å². The summed E-state index contributed by atoms with van der Waals surface area (Å²) in [6, 6.07) is 2.32. The first-order chi connectivity index (χ1) is 8.90. The number of carbonyl (C=O) groups is 2. The number of hydrogen-bond donors (Lipinski definition) is 1. The molecule has 0 aliphatic carbocycles. The minimum absolute atomic E-state index is 0.0557. The Bertz CT molecular complexity index is 545. The molecular weight excluding hydrogens is 251 g/mol. The van der Waals surface area contributed by atoms with Crippen molar-refractivity contribution in [1.29, 1.82) is 0 Å². The molecule has 1 aromatic carbocycles. The summed E-state index contributed by atoms with van der Waals surface area (Å²) >= 11 is 0. The predicted octanol–water partition coefficient (Wildman–Crippen LogP) is 1.05. The van der Waals surface area contributed by atoms with Crippen LogP contribution in [0.2, 0.25) is 0 Å². The second-order valence-electron chi connectivity index (χ2n) is 4.61. The highest BCUT2D eigenvalue weighted by molar-refractivity contribution is 5.93. The number of rotatable bonds is 1. The van der Waals surface area contributed by atoms with Gasteiger partial charge < -0.3 is 15.4 Å². The molecule has 1 atom stereocenters. The summed E-state index contributed by atoms with van der Waals surface area (Å²) < 4.78 is 19.5. The summed E-state index contributed by atoms with van der Waals surface area (Å²) in [4.78, 5) is 24.2. The highest BCUT2D eigenvalue weighted by atomic mass is 19.1. The fourth-order valence-electron chi connectivity index (χ4n) is 2.08. The van der Waals surface area contributed by atoms with E-state index < -0.39 is 11.7 Å². The van der Waals surface area contributed by atoms with E-state index in [2.05, 4.69) is 0 Å². The Hall–Kier alpha value is -2.11. The third-order valence-electron chi connectivity index (χ3n) is 3.18. The van der Waals surface area contributed by atoms with Gasteiger partial charge in [0, 0.05) is 18.1 Å². The Kier molecular flexibility index (Phi) is 3.42. The molecule has 19 heavy (non-hydrogen) atoms. The standard InChI is InChI=1S/C13H15FN2O3/c1-7-6-19-12-4-9(13(15)18)3-11(14)10(12)5-16(7)8(2)17/h3-4,7H,5-6H2,1-2H3,(H2,15,18). The summed E-state index contributed by atoms with van der Waals surface area (Å²) in [5.74, 6) is -1.19. The van der Waals surface area contributed by atoms with Crippen molar-refractivity contribution in [3.63, 3.8) is 0 Å². The number of amides is 2. The van der Waals surface area contributed by atoms with E-state index >= 15 is 0 Å². The molecule has 0 aromatic heterocycles. The molecule has 2 rings (SSSR count). The average Bonchev–Trinajstić information content (AvgIpc) is 2.49. The Morgan fingerprint density at radius 1 is 1.47 bits per heavy atom. The Morgan fingerprint density at radius 2 is 2.16 bits per heavy atom. The lowest BCUT2D eigenvalue weighted by Gasteiger charge is -2.24. The summed E-state index contributed by atoms with van der Waals surface area (Å²) in [7, 11) is 0. The molecule has 1 heterocycles. The van der Waals surface area contributed by atoms with Gasteiger partial charge >= 0.3 is 0 Å². The summed E-state index contributed by atoms with van der Waals surface area (Å²) in [5.41, 5.74) is 5.46. The Morgan fingerprint density at radius 3 is 2.74 bits per heavy atom. The molecule has 0 spiro atoms. The maximum Gasteiger partial charge on any atom is 0.248 e. The maximum atomic E-state index is 14.0. The zero-order valence-electron chi connectivity index (χ0n) is 10.8. The lowest BCUT2D eigenvalue weighted by Crippen LogP contribution is -2.38. The van der Waals surface area contributed by atoms with Crippen molar-refractivity contribution < 1.29 is 18.7 Å². The normalized spacial score (nSPS) is 18.3. The molecule has 6 heteroatoms. The van der Waals surface area contributed by atoms with Gasteiger partial charge in [-0.2, -0.15) is 0 Å². The van der Waals surface area contributed by atoms with Gasteiger partial charge in [0.2, 0.25) is 11.8 Å². The highest BCUT2D eigenvalue weighted by Gasteiger charge is 2.26. The Labute approximate surface area is 110 Å². The van der Waals surface area contributed by atoms with E-state index in [4.69, 9.17) is 10.5 Å². The molecule has 1 aliphatic heterocycles. The molecule has 2 amide bonds. The fraction of sp³-hybridized carbons (Fsp3) is 0.385. The van der Waals surface area contributed by atoms with Gasteiger partial charge in [-0.05, 0) is 19.1 Å². The average molecular weight is 266 g/mol. The molecule has 102 valence electrons. The second kappa shape index (κ2) is 4.87. The summed E-state index contributed by atoms with van der Waals surface area (Å²) in [6.07, 6.45) is 0. The van der Waals surface area contributed by atoms with Gasteiger partial charge in [0.1, 0.15) is 18.2 Å². The molecule has 0 saturated carbocycles. The van der Waals surface area contributed by atoms with Crippen LogP contribution in [0.3, 0.4) is 0 Å². The minimum Gasteiger partial charge on any atom is -0.491 e. The summed E-state index contributed by atoms with van der Waals surface area (Å²) in [6.45, 7) is 3.61. The van der Waals surface area contributed by atoms with Crippen LogP contribution >= 0.6 is 0 Å². The van der Waals surface area contributed by atoms with Crippen LogP contribution in [0, 0.1) is 5.82 Å². The number of ether oxygens (including phenoxy) is 1. The number of hydrogen-bond acceptors (Lipinski definition) is 3. The van der Waals surface area contributed by atoms with E-state index in [0.717, 1.165) is 6.07 Å². The van der Waals surface area contributed by atoms with Crippen molar-refractivity contribution in [2.24, 2.45) is 5.73 Å². The molecule has 0 fully saturated rings. The van der Waals surface area contributed by atoms with Gasteiger partial charge in [0.15, 0.2) is 0 Å². The van der Waals surface area contributed by atoms with E-state index in [-0.39, 0.29) is 42.0 Å². The van der Waals surface area contributed by atoms with Crippen molar-refractivity contribution in [2.75, 3.05) is 6.61 Å². The maximum absolute atomic E-state index is 14.0. The molecule has 1 aromatic rings. The number of carbonyl (C=O) groups excluding carboxylic acids is 2. The number of benzene rings is 1. The number of nitrogens with two attached hydrogens (primary N) is 1. The molecule has 0 bridgehead atoms. The quantitative estimate of drug-likeness (QED) is 0.825. The van der Waals surface area contributed by atoms with Crippen molar-refractivity contribution in [3.05, 3.63) is 29.1 Å². The molecule has 0 saturated heterocycles. The van der Waals surface area contributed by atoms with Crippen molar-refractivity contribution >= 4 is 11.8 Å². The van der Waals surface area contributed by atoms with Crippen molar-refractivity contribution in [2.45, 2.75) is 26.4 Å². The number of primary amides is 1. The first-order valence-corrected chi connectivity index (χ1v) is 5.92. The molecule has 1 unspecified atom stereocenters. The minimum atomic E-state index is -0.717. The third-order valence-corrected chi connectivity index (χ3v) is 3.18. The van der Waals surface area contributed by atoms with E-state index in [1.54, 1.807) is 0 Å². The van der Waals surface area contributed by atoms with Crippen LogP contribution < -0.4 is 10.5 Å². The second-order valence-corrected chi connectivity index (χ2v) is 4.61. The van der Waals surface area contributed by atoms with Crippen LogP contribution in [0.5, 0.6) is 5.75 Å². The number of halogens is 1. The van der Waals surface area contributed by atoms with Crippen LogP contribution in [-0.4, -0.2) is 29.4 Å². The predicted molar refractivity (Wildman–Crippen MR) is 66.1 cm³/mol. The zero-order valence-corrected chi connectivity index (χ0v) is 10.8. The first kappa shape index (κ1) is 13.3. The van der Waals surface area contributed by atoms with Gasteiger partial charge in [-0.1, -0.05) is 0 Å². The first-order valence-electron chi connectivity index (χ1n) is 5.92. The molecule has 1 aliphatic rings. The van der Waals surface area contributed by atoms with Gasteiger partial charge in [-0.25, -0.2) is 4.39 Å². The van der Waals surface area contributed by atoms with Crippen LogP contribution in [0.4, 0.5) is 4.39 Å². The van der Waals surface area contributed by atoms with Gasteiger partial charge in [0.05, 0.1) is 12.6 Å². The lowest BCUT2D eigenvalue weighted by molar-refractivity contribution is -0.131.